The lowest BCUT2D eigenvalue weighted by molar-refractivity contribution is -0.141. The number of thioether (sulfide) groups is 1. The smallest absolute Gasteiger partial charge is 0.233 e. The highest BCUT2D eigenvalue weighted by Crippen LogP contribution is 2.29. The number of nitrogens with zero attached hydrogens (tertiary/aromatic N) is 6. The molecule has 3 heterocycles. The van der Waals surface area contributed by atoms with Crippen molar-refractivity contribution in [3.63, 3.8) is 0 Å². The first-order chi connectivity index (χ1) is 18.9. The number of carbonyl (C=O) groups excluding carboxylic acids is 2. The molecule has 0 aliphatic carbocycles. The Morgan fingerprint density at radius 1 is 1.03 bits per heavy atom. The third kappa shape index (κ3) is 6.08. The average Bonchev–Trinajstić information content (AvgIpc) is 3.24. The van der Waals surface area contributed by atoms with Crippen molar-refractivity contribution in [2.45, 2.75) is 64.2 Å². The van der Waals surface area contributed by atoms with Gasteiger partial charge in [-0.1, -0.05) is 73.5 Å². The Hall–Kier alpha value is -3.46. The minimum Gasteiger partial charge on any atom is -0.338 e. The summed E-state index contributed by atoms with van der Waals surface area (Å²) in [5.74, 6) is 0.475. The normalized spacial score (nSPS) is 15.8. The molecule has 1 saturated heterocycles. The van der Waals surface area contributed by atoms with Crippen molar-refractivity contribution in [2.75, 3.05) is 25.4 Å². The Kier molecular flexibility index (Phi) is 8.45. The highest BCUT2D eigenvalue weighted by molar-refractivity contribution is 7.99. The van der Waals surface area contributed by atoms with Crippen LogP contribution in [0, 0.1) is 6.92 Å². The van der Waals surface area contributed by atoms with E-state index >= 15 is 0 Å². The Balaban J connectivity index is 1.28. The van der Waals surface area contributed by atoms with Gasteiger partial charge in [-0.15, -0.1) is 10.2 Å². The number of aryl methyl sites for hydroxylation is 1. The quantitative estimate of drug-likeness (QED) is 0.216. The molecule has 0 spiro atoms. The van der Waals surface area contributed by atoms with Crippen molar-refractivity contribution >= 4 is 45.6 Å². The minimum absolute atomic E-state index is 0.0215. The molecule has 0 radical (unpaired) electrons. The molecule has 0 saturated carbocycles. The van der Waals surface area contributed by atoms with Gasteiger partial charge >= 0.3 is 0 Å². The average molecular weight is 545 g/mol. The molecule has 1 aliphatic heterocycles. The number of hydrogen-bond acceptors (Lipinski definition) is 6. The maximum atomic E-state index is 13.1. The van der Waals surface area contributed by atoms with E-state index in [4.69, 9.17) is 4.98 Å². The van der Waals surface area contributed by atoms with Gasteiger partial charge in [0.05, 0.1) is 11.3 Å². The molecule has 9 heteroatoms. The first-order valence-electron chi connectivity index (χ1n) is 13.8. The number of carbonyl (C=O) groups is 2. The van der Waals surface area contributed by atoms with E-state index in [-0.39, 0.29) is 23.6 Å². The van der Waals surface area contributed by atoms with Crippen LogP contribution >= 0.6 is 11.8 Å². The van der Waals surface area contributed by atoms with E-state index in [1.807, 2.05) is 34.9 Å². The number of benzene rings is 2. The number of unbranched alkanes of at least 4 members (excludes halogenated alkanes) is 2. The van der Waals surface area contributed by atoms with Crippen LogP contribution in [0.25, 0.3) is 22.1 Å². The molecule has 8 nitrogen and oxygen atoms in total. The van der Waals surface area contributed by atoms with Gasteiger partial charge in [0.2, 0.25) is 17.0 Å². The van der Waals surface area contributed by atoms with E-state index in [0.717, 1.165) is 46.9 Å². The second kappa shape index (κ2) is 12.2. The first-order valence-corrected chi connectivity index (χ1v) is 14.8. The fourth-order valence-corrected chi connectivity index (χ4v) is 5.97. The summed E-state index contributed by atoms with van der Waals surface area (Å²) in [7, 11) is 0. The first kappa shape index (κ1) is 27.1. The van der Waals surface area contributed by atoms with Crippen molar-refractivity contribution in [1.82, 2.24) is 29.5 Å². The molecular formula is C30H36N6O2S. The van der Waals surface area contributed by atoms with Crippen LogP contribution in [-0.2, 0) is 16.1 Å². The maximum Gasteiger partial charge on any atom is 0.233 e. The van der Waals surface area contributed by atoms with Crippen molar-refractivity contribution in [1.29, 1.82) is 0 Å². The van der Waals surface area contributed by atoms with Gasteiger partial charge in [0, 0.05) is 44.0 Å². The zero-order valence-corrected chi connectivity index (χ0v) is 23.8. The van der Waals surface area contributed by atoms with Gasteiger partial charge in [0.25, 0.3) is 0 Å². The zero-order valence-electron chi connectivity index (χ0n) is 23.0. The van der Waals surface area contributed by atoms with Gasteiger partial charge in [0.1, 0.15) is 5.52 Å². The molecule has 2 aromatic carbocycles. The fraction of sp³-hybridized carbons (Fsp3) is 0.433. The summed E-state index contributed by atoms with van der Waals surface area (Å²) in [6.07, 6.45) is 3.70. The molecule has 2 amide bonds. The third-order valence-electron chi connectivity index (χ3n) is 7.41. The van der Waals surface area contributed by atoms with E-state index in [0.29, 0.717) is 37.8 Å². The van der Waals surface area contributed by atoms with Crippen LogP contribution in [0.1, 0.15) is 50.7 Å². The summed E-state index contributed by atoms with van der Waals surface area (Å²) in [4.78, 5) is 34.3. The second-order valence-corrected chi connectivity index (χ2v) is 11.3. The molecule has 2 aromatic heterocycles. The van der Waals surface area contributed by atoms with Gasteiger partial charge < -0.3 is 14.4 Å². The van der Waals surface area contributed by atoms with Crippen molar-refractivity contribution < 1.29 is 9.59 Å². The van der Waals surface area contributed by atoms with Gasteiger partial charge in [0.15, 0.2) is 5.65 Å². The molecular weight excluding hydrogens is 508 g/mol. The lowest BCUT2D eigenvalue weighted by Gasteiger charge is -2.40. The van der Waals surface area contributed by atoms with Gasteiger partial charge in [-0.05, 0) is 38.0 Å². The molecule has 1 unspecified atom stereocenters. The number of amides is 2. The van der Waals surface area contributed by atoms with Gasteiger partial charge in [-0.3, -0.25) is 9.59 Å². The van der Waals surface area contributed by atoms with Crippen LogP contribution in [-0.4, -0.2) is 72.8 Å². The molecule has 5 rings (SSSR count). The molecule has 1 fully saturated rings. The van der Waals surface area contributed by atoms with Gasteiger partial charge in [-0.25, -0.2) is 4.98 Å². The summed E-state index contributed by atoms with van der Waals surface area (Å²) in [5, 5.41) is 10.4. The molecule has 39 heavy (non-hydrogen) atoms. The Morgan fingerprint density at radius 3 is 2.62 bits per heavy atom. The standard InChI is InChI=1S/C30H36N6O2S/c1-4-5-7-12-26(37)35-16-15-34(18-22(35)3)27(38)20-39-30-31-29-28(32-33-30)24-17-21(2)13-14-25(24)36(29)19-23-10-8-6-9-11-23/h6,8-11,13-14,17,22H,4-5,7,12,15-16,18-20H2,1-3H3. The maximum absolute atomic E-state index is 13.1. The predicted molar refractivity (Wildman–Crippen MR) is 156 cm³/mol. The van der Waals surface area contributed by atoms with Crippen molar-refractivity contribution in [2.24, 2.45) is 0 Å². The Labute approximate surface area is 233 Å². The van der Waals surface area contributed by atoms with Crippen LogP contribution < -0.4 is 0 Å². The van der Waals surface area contributed by atoms with E-state index in [9.17, 15) is 9.59 Å². The highest BCUT2D eigenvalue weighted by Gasteiger charge is 2.29. The summed E-state index contributed by atoms with van der Waals surface area (Å²) >= 11 is 1.32. The van der Waals surface area contributed by atoms with E-state index in [2.05, 4.69) is 58.9 Å². The van der Waals surface area contributed by atoms with Crippen LogP contribution in [0.3, 0.4) is 0 Å². The van der Waals surface area contributed by atoms with Crippen molar-refractivity contribution in [3.8, 4) is 0 Å². The molecule has 0 N–H and O–H groups in total. The number of rotatable bonds is 9. The number of aromatic nitrogens is 4. The zero-order chi connectivity index (χ0) is 27.4. The van der Waals surface area contributed by atoms with Crippen molar-refractivity contribution in [3.05, 3.63) is 59.7 Å². The van der Waals surface area contributed by atoms with Crippen LogP contribution in [0.4, 0.5) is 0 Å². The van der Waals surface area contributed by atoms with Gasteiger partial charge in [-0.2, -0.15) is 0 Å². The molecule has 4 aromatic rings. The predicted octanol–water partition coefficient (Wildman–Crippen LogP) is 5.07. The molecule has 204 valence electrons. The summed E-state index contributed by atoms with van der Waals surface area (Å²) in [6.45, 7) is 8.61. The second-order valence-electron chi connectivity index (χ2n) is 10.4. The number of hydrogen-bond donors (Lipinski definition) is 0. The summed E-state index contributed by atoms with van der Waals surface area (Å²) < 4.78 is 2.18. The number of fused-ring (bicyclic) bond motifs is 3. The largest absolute Gasteiger partial charge is 0.338 e. The Bertz CT molecular complexity index is 1470. The topological polar surface area (TPSA) is 84.2 Å². The lowest BCUT2D eigenvalue weighted by Crippen LogP contribution is -2.55. The lowest BCUT2D eigenvalue weighted by atomic mass is 10.1. The fourth-order valence-electron chi connectivity index (χ4n) is 5.28. The third-order valence-corrected chi connectivity index (χ3v) is 8.23. The number of piperazine rings is 1. The minimum atomic E-state index is 0.0215. The SMILES string of the molecule is CCCCCC(=O)N1CCN(C(=O)CSc2nnc3c4cc(C)ccc4n(Cc4ccccc4)c3n2)CC1C. The summed E-state index contributed by atoms with van der Waals surface area (Å²) in [6, 6.07) is 16.7. The van der Waals surface area contributed by atoms with Crippen LogP contribution in [0.15, 0.2) is 53.7 Å². The monoisotopic (exact) mass is 544 g/mol. The highest BCUT2D eigenvalue weighted by atomic mass is 32.2. The molecule has 1 atom stereocenters. The molecule has 1 aliphatic rings. The summed E-state index contributed by atoms with van der Waals surface area (Å²) in [5.41, 5.74) is 4.94. The van der Waals surface area contributed by atoms with E-state index in [1.165, 1.54) is 17.3 Å². The van der Waals surface area contributed by atoms with Crippen LogP contribution in [0.5, 0.6) is 0 Å². The van der Waals surface area contributed by atoms with E-state index < -0.39 is 0 Å². The van der Waals surface area contributed by atoms with E-state index in [1.54, 1.807) is 0 Å². The Morgan fingerprint density at radius 2 is 1.85 bits per heavy atom. The molecule has 0 bridgehead atoms. The van der Waals surface area contributed by atoms with Crippen LogP contribution in [0.2, 0.25) is 0 Å².